The van der Waals surface area contributed by atoms with E-state index in [1.54, 1.807) is 6.92 Å². The van der Waals surface area contributed by atoms with E-state index in [0.29, 0.717) is 37.2 Å². The Hall–Kier alpha value is -3.78. The molecule has 2 atom stereocenters. The number of amides is 2. The van der Waals surface area contributed by atoms with E-state index < -0.39 is 5.91 Å². The molecule has 37 heavy (non-hydrogen) atoms. The van der Waals surface area contributed by atoms with Gasteiger partial charge in [-0.15, -0.1) is 0 Å². The number of carbonyl (C=O) groups excluding carboxylic acids is 2. The predicted molar refractivity (Wildman–Crippen MR) is 143 cm³/mol. The van der Waals surface area contributed by atoms with E-state index in [1.807, 2.05) is 35.2 Å². The molecule has 2 aliphatic heterocycles. The van der Waals surface area contributed by atoms with Crippen LogP contribution < -0.4 is 11.1 Å². The molecule has 3 heterocycles. The van der Waals surface area contributed by atoms with Crippen LogP contribution in [0.1, 0.15) is 44.1 Å². The maximum Gasteiger partial charge on any atom is 0.268 e. The second kappa shape index (κ2) is 11.1. The molecule has 3 N–H and O–H groups in total. The standard InChI is InChI=1S/C29H34N6O2/c1-20-25(26(27(30)36)33-29(32-20)31-15-22-11-6-3-7-12-22)28(37)35-18-23-16-34(17-24(23)19-35)14-8-13-21-9-4-2-5-10-21/h2-7,9-12,23-24H,8,13-19H2,1H3,(H2,30,36)(H,31,32,33)/t23-,24?/m0/s1. The van der Waals surface area contributed by atoms with Gasteiger partial charge in [0, 0.05) is 32.7 Å². The van der Waals surface area contributed by atoms with Crippen molar-refractivity contribution in [1.82, 2.24) is 19.8 Å². The Bertz CT molecular complexity index is 1240. The third kappa shape index (κ3) is 5.80. The van der Waals surface area contributed by atoms with Crippen LogP contribution in [0.4, 0.5) is 5.95 Å². The number of rotatable bonds is 9. The van der Waals surface area contributed by atoms with Crippen LogP contribution in [-0.2, 0) is 13.0 Å². The van der Waals surface area contributed by atoms with E-state index >= 15 is 0 Å². The summed E-state index contributed by atoms with van der Waals surface area (Å²) in [5, 5.41) is 3.14. The Morgan fingerprint density at radius 2 is 1.54 bits per heavy atom. The molecule has 0 bridgehead atoms. The van der Waals surface area contributed by atoms with Crippen molar-refractivity contribution in [2.45, 2.75) is 26.3 Å². The third-order valence-electron chi connectivity index (χ3n) is 7.46. The molecule has 2 aromatic carbocycles. The molecule has 3 aromatic rings. The Morgan fingerprint density at radius 3 is 2.16 bits per heavy atom. The van der Waals surface area contributed by atoms with Crippen molar-refractivity contribution in [2.75, 3.05) is 38.0 Å². The van der Waals surface area contributed by atoms with Crippen molar-refractivity contribution in [3.8, 4) is 0 Å². The molecule has 0 radical (unpaired) electrons. The highest BCUT2D eigenvalue weighted by Gasteiger charge is 2.42. The molecule has 1 aromatic heterocycles. The van der Waals surface area contributed by atoms with Crippen LogP contribution >= 0.6 is 0 Å². The lowest BCUT2D eigenvalue weighted by atomic mass is 10.0. The second-order valence-corrected chi connectivity index (χ2v) is 10.1. The lowest BCUT2D eigenvalue weighted by molar-refractivity contribution is 0.0766. The SMILES string of the molecule is Cc1nc(NCc2ccccc2)nc(C(N)=O)c1C(=O)N1CC2CN(CCCc3ccccc3)C[C@H]2C1. The third-order valence-corrected chi connectivity index (χ3v) is 7.46. The van der Waals surface area contributed by atoms with Crippen LogP contribution in [0.2, 0.25) is 0 Å². The zero-order chi connectivity index (χ0) is 25.8. The first kappa shape index (κ1) is 24.9. The highest BCUT2D eigenvalue weighted by Crippen LogP contribution is 2.32. The number of hydrogen-bond donors (Lipinski definition) is 2. The minimum absolute atomic E-state index is 0.0207. The second-order valence-electron chi connectivity index (χ2n) is 10.1. The van der Waals surface area contributed by atoms with Crippen LogP contribution in [0.3, 0.4) is 0 Å². The molecule has 0 spiro atoms. The molecule has 192 valence electrons. The first-order chi connectivity index (χ1) is 18.0. The summed E-state index contributed by atoms with van der Waals surface area (Å²) >= 11 is 0. The average Bonchev–Trinajstić information content (AvgIpc) is 3.47. The van der Waals surface area contributed by atoms with Gasteiger partial charge < -0.3 is 20.9 Å². The first-order valence-corrected chi connectivity index (χ1v) is 13.0. The summed E-state index contributed by atoms with van der Waals surface area (Å²) < 4.78 is 0. The minimum atomic E-state index is -0.722. The molecule has 5 rings (SSSR count). The van der Waals surface area contributed by atoms with Gasteiger partial charge in [-0.2, -0.15) is 0 Å². The fourth-order valence-corrected chi connectivity index (χ4v) is 5.61. The molecular weight excluding hydrogens is 464 g/mol. The molecule has 0 aliphatic carbocycles. The smallest absolute Gasteiger partial charge is 0.268 e. The summed E-state index contributed by atoms with van der Waals surface area (Å²) in [6, 6.07) is 20.4. The maximum absolute atomic E-state index is 13.5. The lowest BCUT2D eigenvalue weighted by Gasteiger charge is -2.23. The summed E-state index contributed by atoms with van der Waals surface area (Å²) in [6.07, 6.45) is 2.22. The highest BCUT2D eigenvalue weighted by molar-refractivity contribution is 6.06. The Kier molecular flexibility index (Phi) is 7.46. The molecule has 1 unspecified atom stereocenters. The topological polar surface area (TPSA) is 104 Å². The normalized spacial score (nSPS) is 19.1. The van der Waals surface area contributed by atoms with Gasteiger partial charge >= 0.3 is 0 Å². The van der Waals surface area contributed by atoms with Crippen LogP contribution in [0, 0.1) is 18.8 Å². The number of nitrogens with one attached hydrogen (secondary N) is 1. The quantitative estimate of drug-likeness (QED) is 0.470. The van der Waals surface area contributed by atoms with E-state index in [0.717, 1.165) is 38.0 Å². The highest BCUT2D eigenvalue weighted by atomic mass is 16.2. The number of likely N-dealkylation sites (tertiary alicyclic amines) is 2. The number of primary amides is 1. The fraction of sp³-hybridized carbons (Fsp3) is 0.379. The van der Waals surface area contributed by atoms with Crippen molar-refractivity contribution in [3.63, 3.8) is 0 Å². The van der Waals surface area contributed by atoms with Crippen LogP contribution in [0.5, 0.6) is 0 Å². The summed E-state index contributed by atoms with van der Waals surface area (Å²) in [6.45, 7) is 6.69. The van der Waals surface area contributed by atoms with Crippen molar-refractivity contribution >= 4 is 17.8 Å². The number of hydrogen-bond acceptors (Lipinski definition) is 6. The Labute approximate surface area is 217 Å². The number of anilines is 1. The summed E-state index contributed by atoms with van der Waals surface area (Å²) in [4.78, 5) is 39.0. The number of nitrogens with zero attached hydrogens (tertiary/aromatic N) is 4. The number of fused-ring (bicyclic) bond motifs is 1. The molecule has 2 aliphatic rings. The first-order valence-electron chi connectivity index (χ1n) is 13.0. The maximum atomic E-state index is 13.5. The van der Waals surface area contributed by atoms with Gasteiger partial charge in [-0.05, 0) is 49.3 Å². The Balaban J connectivity index is 1.19. The average molecular weight is 499 g/mol. The number of nitrogens with two attached hydrogens (primary N) is 1. The molecular formula is C29H34N6O2. The molecule has 2 saturated heterocycles. The van der Waals surface area contributed by atoms with Gasteiger partial charge in [-0.1, -0.05) is 60.7 Å². The van der Waals surface area contributed by atoms with Crippen LogP contribution in [-0.4, -0.2) is 64.3 Å². The zero-order valence-electron chi connectivity index (χ0n) is 21.3. The summed E-state index contributed by atoms with van der Waals surface area (Å²) in [5.74, 6) is 0.263. The number of carbonyl (C=O) groups is 2. The van der Waals surface area contributed by atoms with Gasteiger partial charge in [0.25, 0.3) is 11.8 Å². The molecule has 2 fully saturated rings. The van der Waals surface area contributed by atoms with Gasteiger partial charge in [0.15, 0.2) is 0 Å². The summed E-state index contributed by atoms with van der Waals surface area (Å²) in [7, 11) is 0. The monoisotopic (exact) mass is 498 g/mol. The molecule has 8 nitrogen and oxygen atoms in total. The van der Waals surface area contributed by atoms with Crippen LogP contribution in [0.15, 0.2) is 60.7 Å². The predicted octanol–water partition coefficient (Wildman–Crippen LogP) is 3.13. The summed E-state index contributed by atoms with van der Waals surface area (Å²) in [5.41, 5.74) is 8.76. The molecule has 8 heteroatoms. The zero-order valence-corrected chi connectivity index (χ0v) is 21.3. The van der Waals surface area contributed by atoms with Crippen LogP contribution in [0.25, 0.3) is 0 Å². The van der Waals surface area contributed by atoms with Gasteiger partial charge in [-0.3, -0.25) is 9.59 Å². The Morgan fingerprint density at radius 1 is 0.919 bits per heavy atom. The largest absolute Gasteiger partial charge is 0.364 e. The number of aryl methyl sites for hydroxylation is 2. The lowest BCUT2D eigenvalue weighted by Crippen LogP contribution is -2.36. The van der Waals surface area contributed by atoms with Gasteiger partial charge in [0.1, 0.15) is 5.69 Å². The fourth-order valence-electron chi connectivity index (χ4n) is 5.61. The van der Waals surface area contributed by atoms with Crippen molar-refractivity contribution in [2.24, 2.45) is 17.6 Å². The number of benzene rings is 2. The van der Waals surface area contributed by atoms with Crippen molar-refractivity contribution in [3.05, 3.63) is 88.7 Å². The minimum Gasteiger partial charge on any atom is -0.364 e. The van der Waals surface area contributed by atoms with E-state index in [-0.39, 0.29) is 23.1 Å². The van der Waals surface area contributed by atoms with Gasteiger partial charge in [0.2, 0.25) is 5.95 Å². The molecule has 2 amide bonds. The van der Waals surface area contributed by atoms with E-state index in [9.17, 15) is 9.59 Å². The van der Waals surface area contributed by atoms with E-state index in [1.165, 1.54) is 5.56 Å². The van der Waals surface area contributed by atoms with E-state index in [4.69, 9.17) is 5.73 Å². The van der Waals surface area contributed by atoms with Gasteiger partial charge in [-0.25, -0.2) is 9.97 Å². The van der Waals surface area contributed by atoms with Crippen molar-refractivity contribution in [1.29, 1.82) is 0 Å². The molecule has 0 saturated carbocycles. The van der Waals surface area contributed by atoms with E-state index in [2.05, 4.69) is 50.5 Å². The van der Waals surface area contributed by atoms with Gasteiger partial charge in [0.05, 0.1) is 11.3 Å². The number of aromatic nitrogens is 2. The van der Waals surface area contributed by atoms with Crippen molar-refractivity contribution < 1.29 is 9.59 Å².